The first-order valence-corrected chi connectivity index (χ1v) is 6.11. The average molecular weight is 242 g/mol. The third kappa shape index (κ3) is 2.14. The molecule has 0 spiro atoms. The minimum atomic E-state index is 0.0878. The maximum absolute atomic E-state index is 7.69. The van der Waals surface area contributed by atoms with Crippen molar-refractivity contribution in [1.29, 1.82) is 5.41 Å². The zero-order valence-electron chi connectivity index (χ0n) is 10.8. The van der Waals surface area contributed by atoms with Gasteiger partial charge in [0.15, 0.2) is 0 Å². The minimum absolute atomic E-state index is 0.0878. The molecular weight excluding hydrogens is 224 g/mol. The number of para-hydroxylation sites is 1. The van der Waals surface area contributed by atoms with Crippen molar-refractivity contribution in [2.24, 2.45) is 5.73 Å². The molecule has 0 atom stereocenters. The number of nitrogen functional groups attached to an aromatic ring is 1. The predicted molar refractivity (Wildman–Crippen MR) is 73.3 cm³/mol. The van der Waals surface area contributed by atoms with E-state index in [4.69, 9.17) is 11.1 Å². The number of nitrogens with one attached hydrogen (secondary N) is 1. The van der Waals surface area contributed by atoms with Gasteiger partial charge in [-0.3, -0.25) is 5.41 Å². The van der Waals surface area contributed by atoms with Crippen molar-refractivity contribution in [3.05, 3.63) is 47.5 Å². The molecule has 0 amide bonds. The fraction of sp³-hybridized carbons (Fsp3) is 0.286. The molecule has 0 fully saturated rings. The van der Waals surface area contributed by atoms with Crippen LogP contribution in [0.25, 0.3) is 5.69 Å². The van der Waals surface area contributed by atoms with Crippen molar-refractivity contribution in [2.45, 2.75) is 26.7 Å². The zero-order valence-corrected chi connectivity index (χ0v) is 10.8. The second-order valence-corrected chi connectivity index (χ2v) is 4.35. The summed E-state index contributed by atoms with van der Waals surface area (Å²) in [7, 11) is 0. The smallest absolute Gasteiger partial charge is 0.124 e. The summed E-state index contributed by atoms with van der Waals surface area (Å²) < 4.78 is 2.04. The number of hydrogen-bond acceptors (Lipinski definition) is 2. The van der Waals surface area contributed by atoms with Crippen LogP contribution in [0.2, 0.25) is 0 Å². The summed E-state index contributed by atoms with van der Waals surface area (Å²) in [4.78, 5) is 4.38. The van der Waals surface area contributed by atoms with Crippen LogP contribution in [0.4, 0.5) is 0 Å². The van der Waals surface area contributed by atoms with Gasteiger partial charge in [-0.1, -0.05) is 19.1 Å². The standard InChI is InChI=1S/C14H18N4/c1-3-5-12-17-8-9-18(12)13-10(2)6-4-7-11(13)14(15)16/h4,6-9H,3,5H2,1-2H3,(H3,15,16). The van der Waals surface area contributed by atoms with Gasteiger partial charge in [-0.15, -0.1) is 0 Å². The fourth-order valence-electron chi connectivity index (χ4n) is 2.14. The molecular formula is C14H18N4. The Hall–Kier alpha value is -2.10. The highest BCUT2D eigenvalue weighted by atomic mass is 15.1. The largest absolute Gasteiger partial charge is 0.384 e. The van der Waals surface area contributed by atoms with E-state index in [1.165, 1.54) is 0 Å². The molecule has 0 saturated heterocycles. The first-order valence-electron chi connectivity index (χ1n) is 6.11. The highest BCUT2D eigenvalue weighted by Gasteiger charge is 2.12. The topological polar surface area (TPSA) is 67.7 Å². The lowest BCUT2D eigenvalue weighted by molar-refractivity contribution is 0.806. The van der Waals surface area contributed by atoms with E-state index >= 15 is 0 Å². The predicted octanol–water partition coefficient (Wildman–Crippen LogP) is 2.42. The number of imidazole rings is 1. The number of benzene rings is 1. The molecule has 1 aromatic carbocycles. The molecule has 2 aromatic rings. The van der Waals surface area contributed by atoms with Crippen molar-refractivity contribution >= 4 is 5.84 Å². The molecule has 4 nitrogen and oxygen atoms in total. The molecule has 4 heteroatoms. The molecule has 0 aliphatic rings. The zero-order chi connectivity index (χ0) is 13.1. The van der Waals surface area contributed by atoms with Crippen LogP contribution in [-0.4, -0.2) is 15.4 Å². The van der Waals surface area contributed by atoms with Gasteiger partial charge >= 0.3 is 0 Å². The van der Waals surface area contributed by atoms with E-state index in [0.717, 1.165) is 35.5 Å². The van der Waals surface area contributed by atoms with Crippen LogP contribution in [0.3, 0.4) is 0 Å². The van der Waals surface area contributed by atoms with Crippen molar-refractivity contribution in [3.8, 4) is 5.69 Å². The molecule has 3 N–H and O–H groups in total. The van der Waals surface area contributed by atoms with E-state index in [2.05, 4.69) is 11.9 Å². The number of aryl methyl sites for hydroxylation is 2. The molecule has 0 radical (unpaired) electrons. The van der Waals surface area contributed by atoms with Gasteiger partial charge in [0.1, 0.15) is 11.7 Å². The number of hydrogen-bond donors (Lipinski definition) is 2. The fourth-order valence-corrected chi connectivity index (χ4v) is 2.14. The normalized spacial score (nSPS) is 10.6. The van der Waals surface area contributed by atoms with Crippen LogP contribution in [-0.2, 0) is 6.42 Å². The number of amidine groups is 1. The van der Waals surface area contributed by atoms with E-state index in [9.17, 15) is 0 Å². The van der Waals surface area contributed by atoms with E-state index in [1.54, 1.807) is 6.20 Å². The van der Waals surface area contributed by atoms with E-state index in [1.807, 2.05) is 35.9 Å². The number of nitrogens with zero attached hydrogens (tertiary/aromatic N) is 2. The quantitative estimate of drug-likeness (QED) is 0.638. The Kier molecular flexibility index (Phi) is 3.46. The molecule has 0 aliphatic carbocycles. The summed E-state index contributed by atoms with van der Waals surface area (Å²) in [5.74, 6) is 1.10. The van der Waals surface area contributed by atoms with Crippen LogP contribution in [0.1, 0.15) is 30.3 Å². The molecule has 0 bridgehead atoms. The Labute approximate surface area is 107 Å². The van der Waals surface area contributed by atoms with Gasteiger partial charge in [-0.2, -0.15) is 0 Å². The van der Waals surface area contributed by atoms with Gasteiger partial charge in [0.25, 0.3) is 0 Å². The minimum Gasteiger partial charge on any atom is -0.384 e. The summed E-state index contributed by atoms with van der Waals surface area (Å²) >= 11 is 0. The maximum Gasteiger partial charge on any atom is 0.124 e. The molecule has 2 rings (SSSR count). The van der Waals surface area contributed by atoms with Crippen molar-refractivity contribution in [1.82, 2.24) is 9.55 Å². The second-order valence-electron chi connectivity index (χ2n) is 4.35. The Morgan fingerprint density at radius 1 is 1.44 bits per heavy atom. The molecule has 0 saturated carbocycles. The van der Waals surface area contributed by atoms with Gasteiger partial charge < -0.3 is 10.3 Å². The van der Waals surface area contributed by atoms with Crippen molar-refractivity contribution < 1.29 is 0 Å². The molecule has 18 heavy (non-hydrogen) atoms. The van der Waals surface area contributed by atoms with Gasteiger partial charge in [0.05, 0.1) is 5.69 Å². The van der Waals surface area contributed by atoms with Crippen LogP contribution in [0, 0.1) is 12.3 Å². The van der Waals surface area contributed by atoms with Crippen molar-refractivity contribution in [2.75, 3.05) is 0 Å². The summed E-state index contributed by atoms with van der Waals surface area (Å²) in [6.07, 6.45) is 5.68. The van der Waals surface area contributed by atoms with Gasteiger partial charge in [0, 0.05) is 24.4 Å². The highest BCUT2D eigenvalue weighted by molar-refractivity contribution is 5.99. The number of rotatable bonds is 4. The lowest BCUT2D eigenvalue weighted by Gasteiger charge is -2.14. The van der Waals surface area contributed by atoms with E-state index in [-0.39, 0.29) is 5.84 Å². The summed E-state index contributed by atoms with van der Waals surface area (Å²) in [6, 6.07) is 5.82. The lowest BCUT2D eigenvalue weighted by Crippen LogP contribution is -2.16. The highest BCUT2D eigenvalue weighted by Crippen LogP contribution is 2.21. The Morgan fingerprint density at radius 3 is 2.89 bits per heavy atom. The molecule has 0 unspecified atom stereocenters. The van der Waals surface area contributed by atoms with Crippen molar-refractivity contribution in [3.63, 3.8) is 0 Å². The average Bonchev–Trinajstić information content (AvgIpc) is 2.77. The van der Waals surface area contributed by atoms with E-state index < -0.39 is 0 Å². The third-order valence-corrected chi connectivity index (χ3v) is 2.96. The molecule has 1 heterocycles. The Morgan fingerprint density at radius 2 is 2.22 bits per heavy atom. The van der Waals surface area contributed by atoms with Gasteiger partial charge in [0.2, 0.25) is 0 Å². The summed E-state index contributed by atoms with van der Waals surface area (Å²) in [6.45, 7) is 4.15. The molecule has 94 valence electrons. The maximum atomic E-state index is 7.69. The molecule has 0 aliphatic heterocycles. The first kappa shape index (κ1) is 12.4. The molecule has 1 aromatic heterocycles. The van der Waals surface area contributed by atoms with Crippen LogP contribution in [0.5, 0.6) is 0 Å². The van der Waals surface area contributed by atoms with Gasteiger partial charge in [-0.05, 0) is 25.0 Å². The SMILES string of the molecule is CCCc1nccn1-c1c(C)cccc1C(=N)N. The van der Waals surface area contributed by atoms with Gasteiger partial charge in [-0.25, -0.2) is 4.98 Å². The monoisotopic (exact) mass is 242 g/mol. The number of aromatic nitrogens is 2. The van der Waals surface area contributed by atoms with Crippen LogP contribution in [0.15, 0.2) is 30.6 Å². The summed E-state index contributed by atoms with van der Waals surface area (Å²) in [5, 5.41) is 7.69. The van der Waals surface area contributed by atoms with Crippen LogP contribution < -0.4 is 5.73 Å². The van der Waals surface area contributed by atoms with Crippen LogP contribution >= 0.6 is 0 Å². The Bertz CT molecular complexity index is 569. The lowest BCUT2D eigenvalue weighted by atomic mass is 10.1. The van der Waals surface area contributed by atoms with E-state index in [0.29, 0.717) is 0 Å². The first-order chi connectivity index (χ1) is 8.65. The second kappa shape index (κ2) is 5.04. The Balaban J connectivity index is 2.62. The summed E-state index contributed by atoms with van der Waals surface area (Å²) in [5.41, 5.74) is 8.48. The number of nitrogens with two attached hydrogens (primary N) is 1. The third-order valence-electron chi connectivity index (χ3n) is 2.96.